The summed E-state index contributed by atoms with van der Waals surface area (Å²) in [5.74, 6) is 1.03. The van der Waals surface area contributed by atoms with E-state index in [9.17, 15) is 0 Å². The molecule has 1 fully saturated rings. The molecule has 0 radical (unpaired) electrons. The van der Waals surface area contributed by atoms with Gasteiger partial charge in [0.25, 0.3) is 0 Å². The highest BCUT2D eigenvalue weighted by Gasteiger charge is 2.36. The number of benzene rings is 1. The molecule has 1 saturated heterocycles. The summed E-state index contributed by atoms with van der Waals surface area (Å²) in [5.41, 5.74) is 8.35. The smallest absolute Gasteiger partial charge is 0.111 e. The minimum Gasteiger partial charge on any atom is -0.374 e. The Hall–Kier alpha value is -1.39. The van der Waals surface area contributed by atoms with Crippen molar-refractivity contribution in [1.82, 2.24) is 9.55 Å². The van der Waals surface area contributed by atoms with Crippen LogP contribution in [-0.2, 0) is 18.2 Å². The maximum Gasteiger partial charge on any atom is 0.111 e. The Morgan fingerprint density at radius 1 is 1.47 bits per heavy atom. The van der Waals surface area contributed by atoms with Gasteiger partial charge >= 0.3 is 0 Å². The molecule has 0 aliphatic carbocycles. The molecule has 4 heteroatoms. The number of aryl methyl sites for hydroxylation is 1. The third-order valence-electron chi connectivity index (χ3n) is 4.32. The molecule has 0 spiro atoms. The predicted molar refractivity (Wildman–Crippen MR) is 76.0 cm³/mol. The molecule has 2 N–H and O–H groups in total. The first-order valence-electron chi connectivity index (χ1n) is 6.90. The van der Waals surface area contributed by atoms with Crippen molar-refractivity contribution in [2.75, 3.05) is 6.61 Å². The quantitative estimate of drug-likeness (QED) is 0.917. The van der Waals surface area contributed by atoms with Crippen LogP contribution in [0, 0.1) is 0 Å². The predicted octanol–water partition coefficient (Wildman–Crippen LogP) is 2.01. The van der Waals surface area contributed by atoms with Crippen molar-refractivity contribution in [3.63, 3.8) is 0 Å². The van der Waals surface area contributed by atoms with Crippen LogP contribution in [0.25, 0.3) is 11.0 Å². The molecule has 2 unspecified atom stereocenters. The third-order valence-corrected chi connectivity index (χ3v) is 4.32. The molecule has 0 amide bonds. The molecule has 2 heterocycles. The van der Waals surface area contributed by atoms with Gasteiger partial charge < -0.3 is 15.0 Å². The summed E-state index contributed by atoms with van der Waals surface area (Å²) in [6.07, 6.45) is 2.90. The SMILES string of the molecule is Cn1c(CC(N)C2(C)CCCO2)nc2ccccc21. The van der Waals surface area contributed by atoms with Crippen LogP contribution < -0.4 is 5.73 Å². The lowest BCUT2D eigenvalue weighted by atomic mass is 9.91. The first-order valence-corrected chi connectivity index (χ1v) is 6.90. The zero-order valence-corrected chi connectivity index (χ0v) is 11.6. The first-order chi connectivity index (χ1) is 9.10. The van der Waals surface area contributed by atoms with E-state index in [1.165, 1.54) is 0 Å². The van der Waals surface area contributed by atoms with Crippen molar-refractivity contribution in [2.24, 2.45) is 12.8 Å². The fraction of sp³-hybridized carbons (Fsp3) is 0.533. The van der Waals surface area contributed by atoms with E-state index in [-0.39, 0.29) is 11.6 Å². The fourth-order valence-electron chi connectivity index (χ4n) is 2.88. The van der Waals surface area contributed by atoms with Crippen LogP contribution in [0.2, 0.25) is 0 Å². The van der Waals surface area contributed by atoms with Gasteiger partial charge in [-0.25, -0.2) is 4.98 Å². The van der Waals surface area contributed by atoms with Crippen molar-refractivity contribution >= 4 is 11.0 Å². The van der Waals surface area contributed by atoms with Gasteiger partial charge in [0, 0.05) is 26.1 Å². The monoisotopic (exact) mass is 259 g/mol. The van der Waals surface area contributed by atoms with Crippen LogP contribution in [0.4, 0.5) is 0 Å². The molecular formula is C15H21N3O. The van der Waals surface area contributed by atoms with Gasteiger partial charge in [-0.05, 0) is 31.9 Å². The number of nitrogens with zero attached hydrogens (tertiary/aromatic N) is 2. The zero-order chi connectivity index (χ0) is 13.5. The van der Waals surface area contributed by atoms with Gasteiger partial charge in [-0.3, -0.25) is 0 Å². The molecule has 1 aliphatic rings. The van der Waals surface area contributed by atoms with Crippen molar-refractivity contribution < 1.29 is 4.74 Å². The second-order valence-corrected chi connectivity index (χ2v) is 5.65. The van der Waals surface area contributed by atoms with E-state index < -0.39 is 0 Å². The lowest BCUT2D eigenvalue weighted by Gasteiger charge is -2.30. The molecule has 2 atom stereocenters. The van der Waals surface area contributed by atoms with Gasteiger partial charge in [0.15, 0.2) is 0 Å². The summed E-state index contributed by atoms with van der Waals surface area (Å²) in [6, 6.07) is 8.17. The van der Waals surface area contributed by atoms with E-state index in [1.807, 2.05) is 18.2 Å². The van der Waals surface area contributed by atoms with Crippen LogP contribution >= 0.6 is 0 Å². The molecule has 2 aromatic rings. The van der Waals surface area contributed by atoms with Gasteiger partial charge in [-0.1, -0.05) is 12.1 Å². The van der Waals surface area contributed by atoms with Gasteiger partial charge in [0.05, 0.1) is 16.6 Å². The average Bonchev–Trinajstić information content (AvgIpc) is 2.97. The molecule has 102 valence electrons. The summed E-state index contributed by atoms with van der Waals surface area (Å²) in [5, 5.41) is 0. The van der Waals surface area contributed by atoms with Crippen molar-refractivity contribution in [2.45, 2.75) is 37.8 Å². The van der Waals surface area contributed by atoms with Crippen LogP contribution in [0.3, 0.4) is 0 Å². The Kier molecular flexibility index (Phi) is 3.07. The Bertz CT molecular complexity index is 584. The number of ether oxygens (including phenoxy) is 1. The van der Waals surface area contributed by atoms with E-state index >= 15 is 0 Å². The number of rotatable bonds is 3. The Morgan fingerprint density at radius 2 is 2.26 bits per heavy atom. The molecule has 0 saturated carbocycles. The maximum absolute atomic E-state index is 6.36. The van der Waals surface area contributed by atoms with E-state index in [4.69, 9.17) is 10.5 Å². The zero-order valence-electron chi connectivity index (χ0n) is 11.6. The lowest BCUT2D eigenvalue weighted by Crippen LogP contribution is -2.46. The summed E-state index contributed by atoms with van der Waals surface area (Å²) < 4.78 is 7.96. The number of fused-ring (bicyclic) bond motifs is 1. The van der Waals surface area contributed by atoms with E-state index in [2.05, 4.69) is 29.6 Å². The summed E-state index contributed by atoms with van der Waals surface area (Å²) in [4.78, 5) is 4.68. The number of aromatic nitrogens is 2. The topological polar surface area (TPSA) is 53.1 Å². The molecular weight excluding hydrogens is 238 g/mol. The minimum atomic E-state index is -0.196. The second kappa shape index (κ2) is 4.62. The molecule has 4 nitrogen and oxygen atoms in total. The molecule has 0 bridgehead atoms. The highest BCUT2D eigenvalue weighted by Crippen LogP contribution is 2.29. The number of hydrogen-bond donors (Lipinski definition) is 1. The number of imidazole rings is 1. The molecule has 1 aromatic carbocycles. The Labute approximate surface area is 113 Å². The largest absolute Gasteiger partial charge is 0.374 e. The van der Waals surface area contributed by atoms with Gasteiger partial charge in [0.1, 0.15) is 5.82 Å². The number of para-hydroxylation sites is 2. The van der Waals surface area contributed by atoms with Crippen LogP contribution in [0.5, 0.6) is 0 Å². The molecule has 1 aromatic heterocycles. The second-order valence-electron chi connectivity index (χ2n) is 5.65. The van der Waals surface area contributed by atoms with E-state index in [0.717, 1.165) is 42.7 Å². The van der Waals surface area contributed by atoms with Crippen molar-refractivity contribution in [1.29, 1.82) is 0 Å². The summed E-state index contributed by atoms with van der Waals surface area (Å²) >= 11 is 0. The molecule has 3 rings (SSSR count). The van der Waals surface area contributed by atoms with E-state index in [1.54, 1.807) is 0 Å². The average molecular weight is 259 g/mol. The highest BCUT2D eigenvalue weighted by molar-refractivity contribution is 5.75. The third kappa shape index (κ3) is 2.15. The molecule has 19 heavy (non-hydrogen) atoms. The number of nitrogens with two attached hydrogens (primary N) is 1. The van der Waals surface area contributed by atoms with Crippen molar-refractivity contribution in [3.05, 3.63) is 30.1 Å². The minimum absolute atomic E-state index is 0.00878. The fourth-order valence-corrected chi connectivity index (χ4v) is 2.88. The van der Waals surface area contributed by atoms with Gasteiger partial charge in [-0.15, -0.1) is 0 Å². The number of hydrogen-bond acceptors (Lipinski definition) is 3. The maximum atomic E-state index is 6.36. The van der Waals surface area contributed by atoms with Crippen LogP contribution in [0.15, 0.2) is 24.3 Å². The highest BCUT2D eigenvalue weighted by atomic mass is 16.5. The first kappa shape index (κ1) is 12.6. The van der Waals surface area contributed by atoms with Crippen molar-refractivity contribution in [3.8, 4) is 0 Å². The van der Waals surface area contributed by atoms with Crippen LogP contribution in [-0.4, -0.2) is 27.8 Å². The van der Waals surface area contributed by atoms with Gasteiger partial charge in [-0.2, -0.15) is 0 Å². The van der Waals surface area contributed by atoms with Crippen LogP contribution in [0.1, 0.15) is 25.6 Å². The lowest BCUT2D eigenvalue weighted by molar-refractivity contribution is -0.00147. The normalized spacial score (nSPS) is 25.0. The Balaban J connectivity index is 1.87. The Morgan fingerprint density at radius 3 is 2.95 bits per heavy atom. The van der Waals surface area contributed by atoms with E-state index in [0.29, 0.717) is 0 Å². The molecule has 1 aliphatic heterocycles. The summed E-state index contributed by atoms with van der Waals surface area (Å²) in [6.45, 7) is 2.94. The summed E-state index contributed by atoms with van der Waals surface area (Å²) in [7, 11) is 2.05. The standard InChI is InChI=1S/C15H21N3O/c1-15(8-5-9-19-15)13(16)10-14-17-11-6-3-4-7-12(11)18(14)2/h3-4,6-7,13H,5,8-10,16H2,1-2H3. The van der Waals surface area contributed by atoms with Gasteiger partial charge in [0.2, 0.25) is 0 Å².